The van der Waals surface area contributed by atoms with Gasteiger partial charge in [0.2, 0.25) is 0 Å². The summed E-state index contributed by atoms with van der Waals surface area (Å²) in [6, 6.07) is 0. The topological polar surface area (TPSA) is 0 Å². The van der Waals surface area contributed by atoms with Crippen molar-refractivity contribution in [3.05, 3.63) is 72.9 Å². The van der Waals surface area contributed by atoms with Crippen molar-refractivity contribution < 1.29 is 0 Å². The van der Waals surface area contributed by atoms with Gasteiger partial charge in [-0.3, -0.25) is 0 Å². The van der Waals surface area contributed by atoms with Gasteiger partial charge in [0.05, 0.1) is 0 Å². The summed E-state index contributed by atoms with van der Waals surface area (Å²) in [7, 11) is 0. The molecule has 0 N–H and O–H groups in total. The minimum atomic E-state index is 1.27. The molecule has 0 atom stereocenters. The number of rotatable bonds is 0. The van der Waals surface area contributed by atoms with Gasteiger partial charge in [-0.15, -0.1) is 0 Å². The molecule has 0 radical (unpaired) electrons. The van der Waals surface area contributed by atoms with E-state index in [1.807, 2.05) is 0 Å². The van der Waals surface area contributed by atoms with Gasteiger partial charge in [0.15, 0.2) is 0 Å². The lowest BCUT2D eigenvalue weighted by atomic mass is 10.1. The molecule has 0 unspecified atom stereocenters. The Bertz CT molecular complexity index is 320. The Labute approximate surface area is 150 Å². The summed E-state index contributed by atoms with van der Waals surface area (Å²) in [4.78, 5) is 0. The Morgan fingerprint density at radius 3 is 0.583 bits per heavy atom. The molecule has 3 aliphatic rings. The Morgan fingerprint density at radius 1 is 0.250 bits per heavy atom. The van der Waals surface area contributed by atoms with E-state index < -0.39 is 0 Å². The van der Waals surface area contributed by atoms with E-state index >= 15 is 0 Å². The van der Waals surface area contributed by atoms with Gasteiger partial charge in [0.1, 0.15) is 0 Å². The van der Waals surface area contributed by atoms with E-state index in [1.54, 1.807) is 0 Å². The maximum atomic E-state index is 2.23. The monoisotopic (exact) mass is 324 g/mol. The molecule has 0 aromatic rings. The summed E-state index contributed by atoms with van der Waals surface area (Å²) >= 11 is 0. The minimum absolute atomic E-state index is 1.27. The van der Waals surface area contributed by atoms with Crippen LogP contribution in [0.1, 0.15) is 77.0 Å². The molecule has 132 valence electrons. The fourth-order valence-corrected chi connectivity index (χ4v) is 2.62. The van der Waals surface area contributed by atoms with Crippen LogP contribution in [0.15, 0.2) is 72.9 Å². The number of hydrogen-bond donors (Lipinski definition) is 0. The summed E-state index contributed by atoms with van der Waals surface area (Å²) in [6.07, 6.45) is 42.0. The predicted octanol–water partition coefficient (Wildman–Crippen LogP) is 8.02. The number of hydrogen-bond acceptors (Lipinski definition) is 0. The molecule has 0 heteroatoms. The first-order valence-corrected chi connectivity index (χ1v) is 9.95. The summed E-state index contributed by atoms with van der Waals surface area (Å²) in [6.45, 7) is 0. The molecule has 0 aromatic heterocycles. The van der Waals surface area contributed by atoms with E-state index in [1.165, 1.54) is 77.0 Å². The molecule has 0 saturated heterocycles. The molecule has 3 aliphatic carbocycles. The van der Waals surface area contributed by atoms with Gasteiger partial charge in [0, 0.05) is 0 Å². The first-order valence-electron chi connectivity index (χ1n) is 9.95. The highest BCUT2D eigenvalue weighted by molar-refractivity contribution is 5.04. The molecule has 0 fully saturated rings. The second-order valence-corrected chi connectivity index (χ2v) is 6.42. The second-order valence-electron chi connectivity index (χ2n) is 6.42. The number of allylic oxidation sites excluding steroid dienone is 12. The summed E-state index contributed by atoms with van der Waals surface area (Å²) in [5, 5.41) is 0. The zero-order chi connectivity index (χ0) is 17.0. The Morgan fingerprint density at radius 2 is 0.417 bits per heavy atom. The van der Waals surface area contributed by atoms with Crippen LogP contribution in [0.25, 0.3) is 0 Å². The maximum absolute atomic E-state index is 2.23. The van der Waals surface area contributed by atoms with Crippen LogP contribution in [0, 0.1) is 0 Å². The lowest BCUT2D eigenvalue weighted by Gasteiger charge is -1.94. The average molecular weight is 325 g/mol. The average Bonchev–Trinajstić information content (AvgIpc) is 2.46. The van der Waals surface area contributed by atoms with Gasteiger partial charge in [0.25, 0.3) is 0 Å². The fraction of sp³-hybridized carbons (Fsp3) is 0.500. The van der Waals surface area contributed by atoms with Crippen molar-refractivity contribution >= 4 is 0 Å². The molecule has 3 rings (SSSR count). The van der Waals surface area contributed by atoms with Crippen molar-refractivity contribution in [1.29, 1.82) is 0 Å². The van der Waals surface area contributed by atoms with Gasteiger partial charge < -0.3 is 0 Å². The van der Waals surface area contributed by atoms with Crippen LogP contribution in [-0.2, 0) is 0 Å². The van der Waals surface area contributed by atoms with Crippen LogP contribution in [0.3, 0.4) is 0 Å². The van der Waals surface area contributed by atoms with E-state index in [0.29, 0.717) is 0 Å². The molecule has 0 bridgehead atoms. The van der Waals surface area contributed by atoms with Crippen molar-refractivity contribution in [2.75, 3.05) is 0 Å². The van der Waals surface area contributed by atoms with Gasteiger partial charge in [-0.1, -0.05) is 72.9 Å². The Hall–Kier alpha value is -1.56. The molecule has 0 amide bonds. The highest BCUT2D eigenvalue weighted by Gasteiger charge is 1.85. The lowest BCUT2D eigenvalue weighted by Crippen LogP contribution is -1.74. The van der Waals surface area contributed by atoms with Crippen LogP contribution >= 0.6 is 0 Å². The molecule has 24 heavy (non-hydrogen) atoms. The third-order valence-corrected chi connectivity index (χ3v) is 4.12. The maximum Gasteiger partial charge on any atom is -0.0347 e. The standard InChI is InChI=1S/3C8H12/c3*1-2-4-6-8-7-5-3-1/h3*1-4H,5-8H2. The SMILES string of the molecule is C1=CCCCCC=C1.C1=CCCCCC=C1.C1=CCCCCC=C1. The van der Waals surface area contributed by atoms with E-state index in [0.717, 1.165) is 0 Å². The highest BCUT2D eigenvalue weighted by atomic mass is 13.9. The zero-order valence-corrected chi connectivity index (χ0v) is 15.4. The van der Waals surface area contributed by atoms with Crippen molar-refractivity contribution in [2.45, 2.75) is 77.0 Å². The Kier molecular flexibility index (Phi) is 15.2. The molecule has 0 heterocycles. The normalized spacial score (nSPS) is 20.0. The van der Waals surface area contributed by atoms with Gasteiger partial charge in [-0.25, -0.2) is 0 Å². The first-order chi connectivity index (χ1) is 12.0. The summed E-state index contributed by atoms with van der Waals surface area (Å²) < 4.78 is 0. The second kappa shape index (κ2) is 17.8. The third kappa shape index (κ3) is 15.3. The lowest BCUT2D eigenvalue weighted by molar-refractivity contribution is 0.758. The molecule has 0 aromatic carbocycles. The molecular weight excluding hydrogens is 288 g/mol. The third-order valence-electron chi connectivity index (χ3n) is 4.12. The highest BCUT2D eigenvalue weighted by Crippen LogP contribution is 2.05. The van der Waals surface area contributed by atoms with Crippen molar-refractivity contribution in [2.24, 2.45) is 0 Å². The first kappa shape index (κ1) is 20.5. The molecular formula is C24H36. The molecule has 0 aliphatic heterocycles. The molecule has 0 saturated carbocycles. The zero-order valence-electron chi connectivity index (χ0n) is 15.4. The van der Waals surface area contributed by atoms with E-state index in [2.05, 4.69) is 72.9 Å². The molecule has 0 nitrogen and oxygen atoms in total. The van der Waals surface area contributed by atoms with Crippen LogP contribution in [0.5, 0.6) is 0 Å². The Balaban J connectivity index is 0.000000180. The smallest absolute Gasteiger partial charge is 0.0347 e. The van der Waals surface area contributed by atoms with Crippen molar-refractivity contribution in [3.63, 3.8) is 0 Å². The van der Waals surface area contributed by atoms with Crippen molar-refractivity contribution in [1.82, 2.24) is 0 Å². The largest absolute Gasteiger partial charge is 0.0845 e. The van der Waals surface area contributed by atoms with Crippen molar-refractivity contribution in [3.8, 4) is 0 Å². The molecule has 0 spiro atoms. The van der Waals surface area contributed by atoms with Crippen LogP contribution in [0.2, 0.25) is 0 Å². The van der Waals surface area contributed by atoms with E-state index in [-0.39, 0.29) is 0 Å². The van der Waals surface area contributed by atoms with Gasteiger partial charge in [-0.2, -0.15) is 0 Å². The van der Waals surface area contributed by atoms with Crippen LogP contribution in [-0.4, -0.2) is 0 Å². The van der Waals surface area contributed by atoms with Gasteiger partial charge in [-0.05, 0) is 77.0 Å². The fourth-order valence-electron chi connectivity index (χ4n) is 2.62. The van der Waals surface area contributed by atoms with E-state index in [9.17, 15) is 0 Å². The van der Waals surface area contributed by atoms with Crippen LogP contribution in [0.4, 0.5) is 0 Å². The van der Waals surface area contributed by atoms with E-state index in [4.69, 9.17) is 0 Å². The summed E-state index contributed by atoms with van der Waals surface area (Å²) in [5.41, 5.74) is 0. The summed E-state index contributed by atoms with van der Waals surface area (Å²) in [5.74, 6) is 0. The van der Waals surface area contributed by atoms with Gasteiger partial charge >= 0.3 is 0 Å². The quantitative estimate of drug-likeness (QED) is 0.423. The minimum Gasteiger partial charge on any atom is -0.0845 e. The predicted molar refractivity (Wildman–Crippen MR) is 110 cm³/mol. The van der Waals surface area contributed by atoms with Crippen LogP contribution < -0.4 is 0 Å².